The normalized spacial score (nSPS) is 15.0. The van der Waals surface area contributed by atoms with Gasteiger partial charge in [-0.3, -0.25) is 14.4 Å². The number of H-pyrrole nitrogens is 1. The number of aromatic amines is 1. The smallest absolute Gasteiger partial charge is 0.252 e. The fourth-order valence-corrected chi connectivity index (χ4v) is 3.91. The number of aromatic hydroxyl groups is 1. The molecule has 32 heavy (non-hydrogen) atoms. The summed E-state index contributed by atoms with van der Waals surface area (Å²) in [4.78, 5) is 42.7. The minimum Gasteiger partial charge on any atom is -0.502 e. The van der Waals surface area contributed by atoms with Crippen LogP contribution in [0.1, 0.15) is 29.4 Å². The van der Waals surface area contributed by atoms with E-state index in [-0.39, 0.29) is 29.4 Å². The van der Waals surface area contributed by atoms with Crippen molar-refractivity contribution in [3.63, 3.8) is 0 Å². The lowest BCUT2D eigenvalue weighted by atomic mass is 9.91. The Balaban J connectivity index is 1.85. The molecular formula is C23H24N2O7. The van der Waals surface area contributed by atoms with Crippen LogP contribution in [0.4, 0.5) is 0 Å². The molecule has 0 saturated carbocycles. The van der Waals surface area contributed by atoms with Crippen LogP contribution in [0.2, 0.25) is 0 Å². The predicted molar refractivity (Wildman–Crippen MR) is 116 cm³/mol. The molecule has 0 radical (unpaired) electrons. The van der Waals surface area contributed by atoms with Gasteiger partial charge < -0.3 is 28.9 Å². The van der Waals surface area contributed by atoms with Gasteiger partial charge in [0.1, 0.15) is 11.5 Å². The SMILES string of the molecule is COc1ccc2[nH]c(=O)c(C(CC(=O)N3CCOCC3)c3oc(C)cc(=O)c3O)cc2c1. The van der Waals surface area contributed by atoms with Crippen LogP contribution in [0.15, 0.2) is 44.3 Å². The van der Waals surface area contributed by atoms with Crippen LogP contribution in [0.25, 0.3) is 10.9 Å². The van der Waals surface area contributed by atoms with Crippen molar-refractivity contribution in [1.29, 1.82) is 0 Å². The zero-order valence-corrected chi connectivity index (χ0v) is 17.8. The number of amides is 1. The Hall–Kier alpha value is -3.59. The standard InChI is InChI=1S/C23H24N2O7/c1-13-9-19(26)21(28)22(32-13)16(12-20(27)25-5-7-31-8-6-25)17-11-14-10-15(30-2)3-4-18(14)24-23(17)29/h3-4,9-11,16,28H,5-8,12H2,1-2H3,(H,24,29). The van der Waals surface area contributed by atoms with E-state index < -0.39 is 22.7 Å². The average molecular weight is 440 g/mol. The van der Waals surface area contributed by atoms with Gasteiger partial charge in [-0.05, 0) is 31.2 Å². The van der Waals surface area contributed by atoms with Gasteiger partial charge in [0.05, 0.1) is 26.2 Å². The Bertz CT molecular complexity index is 1270. The van der Waals surface area contributed by atoms with Crippen LogP contribution in [0.3, 0.4) is 0 Å². The highest BCUT2D eigenvalue weighted by atomic mass is 16.5. The average Bonchev–Trinajstić information content (AvgIpc) is 2.80. The number of hydrogen-bond donors (Lipinski definition) is 2. The largest absolute Gasteiger partial charge is 0.502 e. The molecule has 2 aromatic heterocycles. The van der Waals surface area contributed by atoms with E-state index >= 15 is 0 Å². The van der Waals surface area contributed by atoms with Gasteiger partial charge in [-0.2, -0.15) is 0 Å². The lowest BCUT2D eigenvalue weighted by molar-refractivity contribution is -0.135. The number of benzene rings is 1. The molecule has 9 nitrogen and oxygen atoms in total. The molecule has 1 aromatic carbocycles. The van der Waals surface area contributed by atoms with Gasteiger partial charge in [-0.15, -0.1) is 0 Å². The Morgan fingerprint density at radius 3 is 2.69 bits per heavy atom. The van der Waals surface area contributed by atoms with Crippen LogP contribution in [-0.2, 0) is 9.53 Å². The molecule has 0 aliphatic carbocycles. The van der Waals surface area contributed by atoms with E-state index in [2.05, 4.69) is 4.98 Å². The van der Waals surface area contributed by atoms with Crippen LogP contribution < -0.4 is 15.7 Å². The fourth-order valence-electron chi connectivity index (χ4n) is 3.91. The van der Waals surface area contributed by atoms with Crippen molar-refractivity contribution in [2.45, 2.75) is 19.3 Å². The van der Waals surface area contributed by atoms with E-state index in [1.165, 1.54) is 7.11 Å². The van der Waals surface area contributed by atoms with E-state index in [1.54, 1.807) is 36.1 Å². The Morgan fingerprint density at radius 2 is 1.97 bits per heavy atom. The van der Waals surface area contributed by atoms with E-state index in [1.807, 2.05) is 0 Å². The second kappa shape index (κ2) is 8.88. The third kappa shape index (κ3) is 4.24. The number of aryl methyl sites for hydroxylation is 1. The van der Waals surface area contributed by atoms with Crippen LogP contribution in [0, 0.1) is 6.92 Å². The molecule has 1 atom stereocenters. The molecule has 1 amide bonds. The third-order valence-corrected chi connectivity index (χ3v) is 5.59. The lowest BCUT2D eigenvalue weighted by Gasteiger charge is -2.28. The second-order valence-electron chi connectivity index (χ2n) is 7.69. The summed E-state index contributed by atoms with van der Waals surface area (Å²) in [6.45, 7) is 3.29. The summed E-state index contributed by atoms with van der Waals surface area (Å²) in [5.74, 6) is -1.04. The molecule has 1 aliphatic heterocycles. The Morgan fingerprint density at radius 1 is 1.22 bits per heavy atom. The van der Waals surface area contributed by atoms with Gasteiger partial charge >= 0.3 is 0 Å². The molecule has 4 rings (SSSR count). The summed E-state index contributed by atoms with van der Waals surface area (Å²) < 4.78 is 16.3. The number of ether oxygens (including phenoxy) is 2. The van der Waals surface area contributed by atoms with E-state index in [0.29, 0.717) is 43.0 Å². The number of morpholine rings is 1. The first-order chi connectivity index (χ1) is 15.4. The zero-order chi connectivity index (χ0) is 22.8. The summed E-state index contributed by atoms with van der Waals surface area (Å²) in [5, 5.41) is 11.2. The number of pyridine rings is 1. The maximum absolute atomic E-state index is 13.0. The maximum Gasteiger partial charge on any atom is 0.252 e. The van der Waals surface area contributed by atoms with E-state index in [4.69, 9.17) is 13.9 Å². The highest BCUT2D eigenvalue weighted by molar-refractivity contribution is 5.82. The van der Waals surface area contributed by atoms with E-state index in [9.17, 15) is 19.5 Å². The molecule has 2 N–H and O–H groups in total. The van der Waals surface area contributed by atoms with Gasteiger partial charge in [0.25, 0.3) is 5.56 Å². The number of fused-ring (bicyclic) bond motifs is 1. The molecule has 9 heteroatoms. The van der Waals surface area contributed by atoms with Crippen molar-refractivity contribution in [2.24, 2.45) is 0 Å². The van der Waals surface area contributed by atoms with Crippen molar-refractivity contribution < 1.29 is 23.8 Å². The fraction of sp³-hybridized carbons (Fsp3) is 0.348. The number of nitrogens with one attached hydrogen (secondary N) is 1. The number of carbonyl (C=O) groups excluding carboxylic acids is 1. The molecule has 1 unspecified atom stereocenters. The van der Waals surface area contributed by atoms with Gasteiger partial charge in [0.15, 0.2) is 5.76 Å². The molecule has 0 bridgehead atoms. The molecule has 168 valence electrons. The van der Waals surface area contributed by atoms with Crippen LogP contribution in [0.5, 0.6) is 11.5 Å². The molecule has 1 fully saturated rings. The molecule has 0 spiro atoms. The van der Waals surface area contributed by atoms with Crippen molar-refractivity contribution in [3.8, 4) is 11.5 Å². The minimum absolute atomic E-state index is 0.107. The van der Waals surface area contributed by atoms with Gasteiger partial charge in [0.2, 0.25) is 17.1 Å². The van der Waals surface area contributed by atoms with Gasteiger partial charge in [-0.25, -0.2) is 0 Å². The Labute approximate surface area is 183 Å². The predicted octanol–water partition coefficient (Wildman–Crippen LogP) is 1.88. The quantitative estimate of drug-likeness (QED) is 0.621. The number of methoxy groups -OCH3 is 1. The van der Waals surface area contributed by atoms with Gasteiger partial charge in [0, 0.05) is 42.0 Å². The summed E-state index contributed by atoms with van der Waals surface area (Å²) in [5.41, 5.74) is -0.276. The molecular weight excluding hydrogens is 416 g/mol. The van der Waals surface area contributed by atoms with Crippen molar-refractivity contribution in [1.82, 2.24) is 9.88 Å². The van der Waals surface area contributed by atoms with Crippen molar-refractivity contribution in [2.75, 3.05) is 33.4 Å². The monoisotopic (exact) mass is 440 g/mol. The second-order valence-corrected chi connectivity index (χ2v) is 7.69. The minimum atomic E-state index is -0.961. The first-order valence-electron chi connectivity index (χ1n) is 10.3. The molecule has 3 heterocycles. The third-order valence-electron chi connectivity index (χ3n) is 5.59. The summed E-state index contributed by atoms with van der Waals surface area (Å²) in [6, 6.07) is 7.99. The number of nitrogens with zero attached hydrogens (tertiary/aromatic N) is 1. The highest BCUT2D eigenvalue weighted by Crippen LogP contribution is 2.33. The van der Waals surface area contributed by atoms with Crippen LogP contribution >= 0.6 is 0 Å². The number of hydrogen-bond acceptors (Lipinski definition) is 7. The Kier molecular flexibility index (Phi) is 6.00. The maximum atomic E-state index is 13.0. The zero-order valence-electron chi connectivity index (χ0n) is 17.8. The first kappa shape index (κ1) is 21.6. The lowest BCUT2D eigenvalue weighted by Crippen LogP contribution is -2.41. The number of carbonyl (C=O) groups is 1. The number of rotatable bonds is 5. The summed E-state index contributed by atoms with van der Waals surface area (Å²) >= 11 is 0. The van der Waals surface area contributed by atoms with Gasteiger partial charge in [-0.1, -0.05) is 0 Å². The summed E-state index contributed by atoms with van der Waals surface area (Å²) in [7, 11) is 1.54. The number of aromatic nitrogens is 1. The molecule has 3 aromatic rings. The molecule has 1 saturated heterocycles. The first-order valence-corrected chi connectivity index (χ1v) is 10.3. The van der Waals surface area contributed by atoms with Crippen LogP contribution in [-0.4, -0.2) is 54.3 Å². The molecule has 1 aliphatic rings. The van der Waals surface area contributed by atoms with Crippen molar-refractivity contribution in [3.05, 3.63) is 68.0 Å². The van der Waals surface area contributed by atoms with E-state index in [0.717, 1.165) is 6.07 Å². The highest BCUT2D eigenvalue weighted by Gasteiger charge is 2.30. The summed E-state index contributed by atoms with van der Waals surface area (Å²) in [6.07, 6.45) is -0.154. The van der Waals surface area contributed by atoms with Crippen molar-refractivity contribution >= 4 is 16.8 Å². The topological polar surface area (TPSA) is 122 Å².